The van der Waals surface area contributed by atoms with Crippen LogP contribution in [-0.2, 0) is 0 Å². The predicted molar refractivity (Wildman–Crippen MR) is 77.6 cm³/mol. The normalized spacial score (nSPS) is 10.6. The van der Waals surface area contributed by atoms with Crippen LogP contribution in [0.3, 0.4) is 0 Å². The molecule has 0 saturated heterocycles. The minimum Gasteiger partial charge on any atom is -0.317 e. The van der Waals surface area contributed by atoms with Crippen molar-refractivity contribution in [2.45, 2.75) is 6.92 Å². The molecule has 0 atom stereocenters. The minimum atomic E-state index is -0.267. The van der Waals surface area contributed by atoms with Crippen molar-refractivity contribution in [3.8, 4) is 5.82 Å². The molecule has 0 unspecified atom stereocenters. The fourth-order valence-corrected chi connectivity index (χ4v) is 2.07. The molecule has 0 aliphatic rings. The van der Waals surface area contributed by atoms with Crippen LogP contribution in [-0.4, -0.2) is 30.9 Å². The van der Waals surface area contributed by atoms with Crippen LogP contribution in [0.5, 0.6) is 0 Å². The van der Waals surface area contributed by atoms with E-state index in [1.165, 1.54) is 12.7 Å². The van der Waals surface area contributed by atoms with Gasteiger partial charge < -0.3 is 5.32 Å². The lowest BCUT2D eigenvalue weighted by Crippen LogP contribution is -2.13. The topological polar surface area (TPSA) is 88.5 Å². The first-order valence-corrected chi connectivity index (χ1v) is 6.50. The van der Waals surface area contributed by atoms with Crippen molar-refractivity contribution in [2.75, 3.05) is 5.32 Å². The van der Waals surface area contributed by atoms with Gasteiger partial charge in [0.2, 0.25) is 0 Å². The van der Waals surface area contributed by atoms with Crippen LogP contribution in [0.1, 0.15) is 16.1 Å². The molecule has 0 fully saturated rings. The molecule has 1 aromatic carbocycles. The molecule has 3 rings (SSSR count). The van der Waals surface area contributed by atoms with Crippen LogP contribution in [0.15, 0.2) is 36.9 Å². The average Bonchev–Trinajstić information content (AvgIpc) is 3.10. The summed E-state index contributed by atoms with van der Waals surface area (Å²) in [6.45, 7) is 1.81. The summed E-state index contributed by atoms with van der Waals surface area (Å²) in [4.78, 5) is 12.3. The van der Waals surface area contributed by atoms with Gasteiger partial charge in [0.25, 0.3) is 5.91 Å². The van der Waals surface area contributed by atoms with E-state index in [-0.39, 0.29) is 5.91 Å². The van der Waals surface area contributed by atoms with Crippen LogP contribution in [0.4, 0.5) is 5.69 Å². The number of rotatable bonds is 3. The summed E-state index contributed by atoms with van der Waals surface area (Å²) in [6, 6.07) is 6.73. The number of H-pyrrole nitrogens is 1. The summed E-state index contributed by atoms with van der Waals surface area (Å²) < 4.78 is 1.61. The number of aromatic nitrogens is 5. The maximum Gasteiger partial charge on any atom is 0.255 e. The van der Waals surface area contributed by atoms with Gasteiger partial charge in [-0.05, 0) is 25.1 Å². The fraction of sp³-hybridized carbons (Fsp3) is 0.0769. The number of amides is 1. The lowest BCUT2D eigenvalue weighted by molar-refractivity contribution is 0.102. The van der Waals surface area contributed by atoms with Crippen molar-refractivity contribution in [3.63, 3.8) is 0 Å². The number of anilines is 1. The largest absolute Gasteiger partial charge is 0.317 e. The molecule has 0 bridgehead atoms. The highest BCUT2D eigenvalue weighted by Crippen LogP contribution is 2.22. The summed E-state index contributed by atoms with van der Waals surface area (Å²) >= 11 is 5.90. The lowest BCUT2D eigenvalue weighted by atomic mass is 10.2. The van der Waals surface area contributed by atoms with E-state index in [2.05, 4.69) is 25.7 Å². The highest BCUT2D eigenvalue weighted by Gasteiger charge is 2.16. The summed E-state index contributed by atoms with van der Waals surface area (Å²) in [5.41, 5.74) is 1.77. The Morgan fingerprint density at radius 3 is 2.81 bits per heavy atom. The Labute approximate surface area is 125 Å². The van der Waals surface area contributed by atoms with Gasteiger partial charge in [0, 0.05) is 10.6 Å². The third-order valence-electron chi connectivity index (χ3n) is 2.92. The number of aromatic amines is 1. The summed E-state index contributed by atoms with van der Waals surface area (Å²) in [5, 5.41) is 17.7. The zero-order valence-electron chi connectivity index (χ0n) is 11.0. The maximum atomic E-state index is 12.3. The zero-order valence-corrected chi connectivity index (χ0v) is 11.8. The monoisotopic (exact) mass is 302 g/mol. The second kappa shape index (κ2) is 5.37. The standard InChI is InChI=1S/C13H11ClN6O/c1-8-11(12(19-18-8)20-6-15-16-7-20)17-13(21)9-3-2-4-10(14)5-9/h2-7H,1H3,(H,17,21)(H,18,19). The molecule has 2 N–H and O–H groups in total. The average molecular weight is 303 g/mol. The van der Waals surface area contributed by atoms with Gasteiger partial charge in [0.15, 0.2) is 5.82 Å². The van der Waals surface area contributed by atoms with Gasteiger partial charge in [-0.25, -0.2) is 0 Å². The van der Waals surface area contributed by atoms with Gasteiger partial charge in [0.1, 0.15) is 18.3 Å². The van der Waals surface area contributed by atoms with Crippen LogP contribution in [0, 0.1) is 6.92 Å². The van der Waals surface area contributed by atoms with Crippen molar-refractivity contribution in [1.29, 1.82) is 0 Å². The molecular formula is C13H11ClN6O. The molecule has 8 heteroatoms. The predicted octanol–water partition coefficient (Wildman–Crippen LogP) is 2.20. The number of nitrogens with one attached hydrogen (secondary N) is 2. The Bertz CT molecular complexity index is 780. The number of hydrogen-bond acceptors (Lipinski definition) is 4. The Morgan fingerprint density at radius 2 is 2.10 bits per heavy atom. The van der Waals surface area contributed by atoms with Gasteiger partial charge in [0.05, 0.1) is 5.69 Å². The van der Waals surface area contributed by atoms with E-state index in [0.717, 1.165) is 5.69 Å². The number of halogens is 1. The third kappa shape index (κ3) is 2.63. The minimum absolute atomic E-state index is 0.267. The second-order valence-electron chi connectivity index (χ2n) is 4.38. The van der Waals surface area contributed by atoms with Gasteiger partial charge in [-0.15, -0.1) is 10.2 Å². The molecular weight excluding hydrogens is 292 g/mol. The molecule has 0 aliphatic heterocycles. The van der Waals surface area contributed by atoms with E-state index in [1.807, 2.05) is 6.92 Å². The highest BCUT2D eigenvalue weighted by atomic mass is 35.5. The molecule has 0 aliphatic carbocycles. The molecule has 7 nitrogen and oxygen atoms in total. The Balaban J connectivity index is 1.92. The van der Waals surface area contributed by atoms with E-state index in [4.69, 9.17) is 11.6 Å². The first kappa shape index (κ1) is 13.3. The van der Waals surface area contributed by atoms with Crippen molar-refractivity contribution in [1.82, 2.24) is 25.0 Å². The third-order valence-corrected chi connectivity index (χ3v) is 3.15. The van der Waals surface area contributed by atoms with E-state index in [0.29, 0.717) is 22.1 Å². The van der Waals surface area contributed by atoms with Gasteiger partial charge in [-0.3, -0.25) is 14.5 Å². The summed E-state index contributed by atoms with van der Waals surface area (Å²) in [7, 11) is 0. The van der Waals surface area contributed by atoms with E-state index < -0.39 is 0 Å². The Kier molecular flexibility index (Phi) is 3.41. The van der Waals surface area contributed by atoms with E-state index in [9.17, 15) is 4.79 Å². The first-order valence-electron chi connectivity index (χ1n) is 6.12. The molecule has 1 amide bonds. The molecule has 106 valence electrons. The number of carbonyl (C=O) groups excluding carboxylic acids is 1. The van der Waals surface area contributed by atoms with Crippen LogP contribution in [0.25, 0.3) is 5.82 Å². The second-order valence-corrected chi connectivity index (χ2v) is 4.82. The van der Waals surface area contributed by atoms with E-state index >= 15 is 0 Å². The van der Waals surface area contributed by atoms with Gasteiger partial charge >= 0.3 is 0 Å². The van der Waals surface area contributed by atoms with Crippen molar-refractivity contribution in [2.24, 2.45) is 0 Å². The molecule has 2 aromatic heterocycles. The first-order chi connectivity index (χ1) is 10.1. The number of nitrogens with zero attached hydrogens (tertiary/aromatic N) is 4. The SMILES string of the molecule is Cc1[nH]nc(-n2cnnc2)c1NC(=O)c1cccc(Cl)c1. The van der Waals surface area contributed by atoms with Gasteiger partial charge in [-0.2, -0.15) is 5.10 Å². The smallest absolute Gasteiger partial charge is 0.255 e. The number of carbonyl (C=O) groups is 1. The van der Waals surface area contributed by atoms with Crippen LogP contribution >= 0.6 is 11.6 Å². The molecule has 0 spiro atoms. The lowest BCUT2D eigenvalue weighted by Gasteiger charge is -2.07. The zero-order chi connectivity index (χ0) is 14.8. The quantitative estimate of drug-likeness (QED) is 0.776. The van der Waals surface area contributed by atoms with Crippen molar-refractivity contribution < 1.29 is 4.79 Å². The molecule has 3 aromatic rings. The van der Waals surface area contributed by atoms with E-state index in [1.54, 1.807) is 28.8 Å². The molecule has 0 saturated carbocycles. The number of aryl methyl sites for hydroxylation is 1. The summed E-state index contributed by atoms with van der Waals surface area (Å²) in [5.74, 6) is 0.254. The highest BCUT2D eigenvalue weighted by molar-refractivity contribution is 6.31. The summed E-state index contributed by atoms with van der Waals surface area (Å²) in [6.07, 6.45) is 3.01. The van der Waals surface area contributed by atoms with Crippen LogP contribution in [0.2, 0.25) is 5.02 Å². The Morgan fingerprint density at radius 1 is 1.33 bits per heavy atom. The molecule has 21 heavy (non-hydrogen) atoms. The number of benzene rings is 1. The van der Waals surface area contributed by atoms with Crippen molar-refractivity contribution in [3.05, 3.63) is 53.2 Å². The fourth-order valence-electron chi connectivity index (χ4n) is 1.88. The Hall–Kier alpha value is -2.67. The molecule has 2 heterocycles. The van der Waals surface area contributed by atoms with Crippen molar-refractivity contribution >= 4 is 23.2 Å². The maximum absolute atomic E-state index is 12.3. The number of hydrogen-bond donors (Lipinski definition) is 2. The van der Waals surface area contributed by atoms with Crippen LogP contribution < -0.4 is 5.32 Å². The molecule has 0 radical (unpaired) electrons. The van der Waals surface area contributed by atoms with Gasteiger partial charge in [-0.1, -0.05) is 17.7 Å².